The van der Waals surface area contributed by atoms with Crippen LogP contribution in [0.2, 0.25) is 0 Å². The lowest BCUT2D eigenvalue weighted by atomic mass is 9.97. The molecule has 20 heavy (non-hydrogen) atoms. The van der Waals surface area contributed by atoms with Crippen molar-refractivity contribution in [2.75, 3.05) is 0 Å². The first-order valence-electron chi connectivity index (χ1n) is 6.40. The van der Waals surface area contributed by atoms with Crippen LogP contribution in [0.25, 0.3) is 0 Å². The van der Waals surface area contributed by atoms with Crippen LogP contribution in [-0.4, -0.2) is 16.9 Å². The third-order valence-corrected chi connectivity index (χ3v) is 3.47. The summed E-state index contributed by atoms with van der Waals surface area (Å²) in [7, 11) is 0. The van der Waals surface area contributed by atoms with Crippen molar-refractivity contribution in [3.05, 3.63) is 64.7 Å². The van der Waals surface area contributed by atoms with E-state index in [2.05, 4.69) is 5.32 Å². The molecule has 0 radical (unpaired) electrons. The number of carbonyl (C=O) groups is 2. The van der Waals surface area contributed by atoms with Crippen molar-refractivity contribution in [2.45, 2.75) is 12.8 Å². The minimum atomic E-state index is -0.323. The van der Waals surface area contributed by atoms with Gasteiger partial charge in [0, 0.05) is 0 Å². The number of hydrogen-bond acceptors (Lipinski definition) is 3. The van der Waals surface area contributed by atoms with E-state index in [-0.39, 0.29) is 17.6 Å². The quantitative estimate of drug-likeness (QED) is 0.836. The Bertz CT molecular complexity index is 689. The van der Waals surface area contributed by atoms with Crippen LogP contribution in [0.4, 0.5) is 0 Å². The van der Waals surface area contributed by atoms with Crippen molar-refractivity contribution in [1.29, 1.82) is 0 Å². The Morgan fingerprint density at radius 2 is 1.65 bits per heavy atom. The van der Waals surface area contributed by atoms with E-state index >= 15 is 0 Å². The molecule has 0 atom stereocenters. The highest BCUT2D eigenvalue weighted by atomic mass is 16.3. The molecule has 0 aromatic heterocycles. The largest absolute Gasteiger partial charge is 0.508 e. The van der Waals surface area contributed by atoms with Gasteiger partial charge in [-0.3, -0.25) is 14.9 Å². The van der Waals surface area contributed by atoms with Gasteiger partial charge in [-0.05, 0) is 42.2 Å². The third-order valence-electron chi connectivity index (χ3n) is 3.47. The fourth-order valence-corrected chi connectivity index (χ4v) is 2.44. The molecule has 1 heterocycles. The van der Waals surface area contributed by atoms with Crippen LogP contribution in [0.15, 0.2) is 42.5 Å². The topological polar surface area (TPSA) is 66.4 Å². The number of rotatable bonds is 3. The lowest BCUT2D eigenvalue weighted by molar-refractivity contribution is 0.0879. The molecular weight excluding hydrogens is 254 g/mol. The molecule has 1 aliphatic rings. The molecule has 100 valence electrons. The first-order valence-corrected chi connectivity index (χ1v) is 6.40. The maximum atomic E-state index is 11.8. The van der Waals surface area contributed by atoms with E-state index < -0.39 is 0 Å². The Morgan fingerprint density at radius 1 is 0.900 bits per heavy atom. The second kappa shape index (κ2) is 4.81. The normalized spacial score (nSPS) is 13.2. The number of phenolic OH excluding ortho intramolecular Hbond substituents is 1. The smallest absolute Gasteiger partial charge is 0.259 e. The third kappa shape index (κ3) is 2.16. The molecule has 1 aliphatic heterocycles. The molecule has 0 saturated heterocycles. The van der Waals surface area contributed by atoms with Gasteiger partial charge in [-0.25, -0.2) is 0 Å². The molecule has 0 unspecified atom stereocenters. The number of nitrogens with one attached hydrogen (secondary N) is 1. The molecule has 0 spiro atoms. The maximum absolute atomic E-state index is 11.8. The Balaban J connectivity index is 1.84. The number of aryl methyl sites for hydroxylation is 2. The summed E-state index contributed by atoms with van der Waals surface area (Å²) in [6, 6.07) is 12.3. The van der Waals surface area contributed by atoms with Gasteiger partial charge in [0.2, 0.25) is 0 Å². The van der Waals surface area contributed by atoms with Crippen LogP contribution in [0.5, 0.6) is 5.75 Å². The number of phenols is 1. The summed E-state index contributed by atoms with van der Waals surface area (Å²) in [5.74, 6) is -0.401. The molecule has 0 fully saturated rings. The van der Waals surface area contributed by atoms with Crippen molar-refractivity contribution in [3.8, 4) is 5.75 Å². The fraction of sp³-hybridized carbons (Fsp3) is 0.125. The fourth-order valence-electron chi connectivity index (χ4n) is 2.44. The van der Waals surface area contributed by atoms with Crippen LogP contribution in [0, 0.1) is 0 Å². The second-order valence-electron chi connectivity index (χ2n) is 4.79. The van der Waals surface area contributed by atoms with Gasteiger partial charge in [-0.15, -0.1) is 0 Å². The van der Waals surface area contributed by atoms with Crippen LogP contribution in [0.3, 0.4) is 0 Å². The van der Waals surface area contributed by atoms with E-state index in [4.69, 9.17) is 0 Å². The Morgan fingerprint density at radius 3 is 2.40 bits per heavy atom. The minimum Gasteiger partial charge on any atom is -0.508 e. The molecule has 2 amide bonds. The van der Waals surface area contributed by atoms with Gasteiger partial charge >= 0.3 is 0 Å². The van der Waals surface area contributed by atoms with Crippen molar-refractivity contribution >= 4 is 11.8 Å². The van der Waals surface area contributed by atoms with Gasteiger partial charge in [-0.1, -0.05) is 24.3 Å². The summed E-state index contributed by atoms with van der Waals surface area (Å²) in [6.45, 7) is 0. The average Bonchev–Trinajstić information content (AvgIpc) is 2.74. The van der Waals surface area contributed by atoms with E-state index in [0.717, 1.165) is 17.5 Å². The molecular formula is C16H13NO3. The number of imide groups is 1. The monoisotopic (exact) mass is 267 g/mol. The Labute approximate surface area is 116 Å². The first-order chi connectivity index (χ1) is 9.65. The summed E-state index contributed by atoms with van der Waals surface area (Å²) in [6.07, 6.45) is 1.42. The molecule has 3 rings (SSSR count). The van der Waals surface area contributed by atoms with Crippen LogP contribution < -0.4 is 5.32 Å². The van der Waals surface area contributed by atoms with Crippen molar-refractivity contribution in [3.63, 3.8) is 0 Å². The van der Waals surface area contributed by atoms with Gasteiger partial charge in [0.1, 0.15) is 5.75 Å². The lowest BCUT2D eigenvalue weighted by Crippen LogP contribution is -2.20. The molecule has 0 bridgehead atoms. The van der Waals surface area contributed by atoms with Gasteiger partial charge in [-0.2, -0.15) is 0 Å². The molecule has 4 heteroatoms. The Kier molecular flexibility index (Phi) is 2.99. The van der Waals surface area contributed by atoms with E-state index in [1.807, 2.05) is 18.2 Å². The summed E-state index contributed by atoms with van der Waals surface area (Å²) < 4.78 is 0. The van der Waals surface area contributed by atoms with Crippen molar-refractivity contribution in [1.82, 2.24) is 5.32 Å². The van der Waals surface area contributed by atoms with E-state index in [9.17, 15) is 14.7 Å². The predicted molar refractivity (Wildman–Crippen MR) is 73.8 cm³/mol. The van der Waals surface area contributed by atoms with Gasteiger partial charge < -0.3 is 5.11 Å². The maximum Gasteiger partial charge on any atom is 0.259 e. The number of fused-ring (bicyclic) bond motifs is 1. The minimum absolute atomic E-state index is 0.235. The van der Waals surface area contributed by atoms with Crippen LogP contribution in [0.1, 0.15) is 31.8 Å². The number of aromatic hydroxyl groups is 1. The SMILES string of the molecule is O=C1NC(=O)c2c(CCc3ccc(O)cc3)cccc21. The van der Waals surface area contributed by atoms with Gasteiger partial charge in [0.25, 0.3) is 11.8 Å². The second-order valence-corrected chi connectivity index (χ2v) is 4.79. The summed E-state index contributed by atoms with van der Waals surface area (Å²) in [5, 5.41) is 11.6. The standard InChI is InChI=1S/C16H13NO3/c18-12-8-5-10(6-9-12)4-7-11-2-1-3-13-14(11)16(20)17-15(13)19/h1-3,5-6,8-9,18H,4,7H2,(H,17,19,20). The lowest BCUT2D eigenvalue weighted by Gasteiger charge is -2.06. The molecule has 0 saturated carbocycles. The zero-order valence-corrected chi connectivity index (χ0v) is 10.7. The molecule has 0 aliphatic carbocycles. The zero-order valence-electron chi connectivity index (χ0n) is 10.7. The highest BCUT2D eigenvalue weighted by molar-refractivity contribution is 6.22. The molecule has 2 aromatic carbocycles. The number of hydrogen-bond donors (Lipinski definition) is 2. The van der Waals surface area contributed by atoms with Crippen LogP contribution >= 0.6 is 0 Å². The van der Waals surface area contributed by atoms with E-state index in [0.29, 0.717) is 17.5 Å². The zero-order chi connectivity index (χ0) is 14.1. The number of benzene rings is 2. The highest BCUT2D eigenvalue weighted by Gasteiger charge is 2.28. The van der Waals surface area contributed by atoms with Crippen molar-refractivity contribution < 1.29 is 14.7 Å². The summed E-state index contributed by atoms with van der Waals surface area (Å²) in [5.41, 5.74) is 2.90. The summed E-state index contributed by atoms with van der Waals surface area (Å²) >= 11 is 0. The summed E-state index contributed by atoms with van der Waals surface area (Å²) in [4.78, 5) is 23.4. The van der Waals surface area contributed by atoms with Crippen molar-refractivity contribution in [2.24, 2.45) is 0 Å². The van der Waals surface area contributed by atoms with Gasteiger partial charge in [0.05, 0.1) is 11.1 Å². The predicted octanol–water partition coefficient (Wildman–Crippen LogP) is 2.06. The number of amides is 2. The highest BCUT2D eigenvalue weighted by Crippen LogP contribution is 2.22. The Hall–Kier alpha value is -2.62. The van der Waals surface area contributed by atoms with Gasteiger partial charge in [0.15, 0.2) is 0 Å². The average molecular weight is 267 g/mol. The molecule has 4 nitrogen and oxygen atoms in total. The number of carbonyl (C=O) groups excluding carboxylic acids is 2. The van der Waals surface area contributed by atoms with E-state index in [1.165, 1.54) is 0 Å². The van der Waals surface area contributed by atoms with E-state index in [1.54, 1.807) is 24.3 Å². The molecule has 2 aromatic rings. The van der Waals surface area contributed by atoms with Crippen LogP contribution in [-0.2, 0) is 12.8 Å². The molecule has 2 N–H and O–H groups in total. The first kappa shape index (κ1) is 12.4.